The summed E-state index contributed by atoms with van der Waals surface area (Å²) in [4.78, 5) is 23.8. The lowest BCUT2D eigenvalue weighted by Crippen LogP contribution is -2.31. The molecule has 0 amide bonds. The zero-order valence-corrected chi connectivity index (χ0v) is 11.0. The van der Waals surface area contributed by atoms with Gasteiger partial charge in [0.25, 0.3) is 6.10 Å². The largest absolute Gasteiger partial charge is 0.497 e. The minimum absolute atomic E-state index is 0.373. The van der Waals surface area contributed by atoms with Crippen molar-refractivity contribution in [3.63, 3.8) is 0 Å². The summed E-state index contributed by atoms with van der Waals surface area (Å²) in [6, 6.07) is 8.88. The molecule has 0 aromatic heterocycles. The second kappa shape index (κ2) is 4.52. The van der Waals surface area contributed by atoms with E-state index in [-0.39, 0.29) is 5.78 Å². The van der Waals surface area contributed by atoms with Crippen LogP contribution in [0.3, 0.4) is 0 Å². The van der Waals surface area contributed by atoms with Crippen LogP contribution < -0.4 is 9.47 Å². The monoisotopic (exact) mass is 272 g/mol. The van der Waals surface area contributed by atoms with E-state index in [4.69, 9.17) is 9.47 Å². The van der Waals surface area contributed by atoms with Gasteiger partial charge in [0.15, 0.2) is 0 Å². The molecule has 3 rings (SSSR count). The molecule has 1 aliphatic rings. The van der Waals surface area contributed by atoms with Gasteiger partial charge in [-0.25, -0.2) is 4.79 Å². The van der Waals surface area contributed by atoms with E-state index in [1.807, 2.05) is 12.1 Å². The van der Waals surface area contributed by atoms with Crippen molar-refractivity contribution in [2.45, 2.75) is 6.10 Å². The molecule has 2 aromatic carbocycles. The quantitative estimate of drug-likeness (QED) is 0.618. The molecule has 102 valence electrons. The van der Waals surface area contributed by atoms with E-state index in [0.717, 1.165) is 10.8 Å². The summed E-state index contributed by atoms with van der Waals surface area (Å²) in [5.41, 5.74) is 0.417. The zero-order chi connectivity index (χ0) is 14.3. The summed E-state index contributed by atoms with van der Waals surface area (Å²) in [6.45, 7) is 0. The molecule has 0 spiro atoms. The van der Waals surface area contributed by atoms with Crippen molar-refractivity contribution in [2.24, 2.45) is 0 Å². The average Bonchev–Trinajstić information content (AvgIpc) is 2.83. The van der Waals surface area contributed by atoms with Gasteiger partial charge in [-0.3, -0.25) is 4.79 Å². The average molecular weight is 272 g/mol. The van der Waals surface area contributed by atoms with Crippen molar-refractivity contribution < 1.29 is 23.8 Å². The highest BCUT2D eigenvalue weighted by atomic mass is 16.6. The third-order valence-electron chi connectivity index (χ3n) is 3.33. The molecule has 1 heterocycles. The van der Waals surface area contributed by atoms with E-state index in [9.17, 15) is 9.59 Å². The molecular weight excluding hydrogens is 260 g/mol. The van der Waals surface area contributed by atoms with Crippen molar-refractivity contribution in [3.05, 3.63) is 35.9 Å². The molecule has 20 heavy (non-hydrogen) atoms. The van der Waals surface area contributed by atoms with E-state index in [1.165, 1.54) is 7.11 Å². The van der Waals surface area contributed by atoms with Gasteiger partial charge in [-0.2, -0.15) is 0 Å². The van der Waals surface area contributed by atoms with Gasteiger partial charge in [0, 0.05) is 0 Å². The molecule has 5 nitrogen and oxygen atoms in total. The molecular formula is C15H12O5. The standard InChI is InChI=1S/C15H12O5/c1-18-9-4-5-10-8(7-9)3-6-11-12(10)13(16)14(20-11)15(17)19-2/h3-7,14H,1-2H3. The van der Waals surface area contributed by atoms with Gasteiger partial charge in [-0.05, 0) is 35.0 Å². The summed E-state index contributed by atoms with van der Waals surface area (Å²) >= 11 is 0. The summed E-state index contributed by atoms with van der Waals surface area (Å²) in [6.07, 6.45) is -1.21. The fraction of sp³-hybridized carbons (Fsp3) is 0.200. The zero-order valence-electron chi connectivity index (χ0n) is 11.0. The van der Waals surface area contributed by atoms with Crippen LogP contribution in [-0.4, -0.2) is 32.1 Å². The maximum atomic E-state index is 12.3. The first-order valence-electron chi connectivity index (χ1n) is 6.05. The molecule has 2 aromatic rings. The van der Waals surface area contributed by atoms with E-state index >= 15 is 0 Å². The molecule has 0 radical (unpaired) electrons. The highest BCUT2D eigenvalue weighted by molar-refractivity contribution is 6.21. The number of Topliss-reactive ketones (excluding diaryl/α,β-unsaturated/α-hetero) is 1. The number of rotatable bonds is 2. The van der Waals surface area contributed by atoms with Crippen LogP contribution in [-0.2, 0) is 9.53 Å². The normalized spacial score (nSPS) is 16.7. The number of carbonyl (C=O) groups excluding carboxylic acids is 2. The van der Waals surface area contributed by atoms with E-state index in [0.29, 0.717) is 17.1 Å². The van der Waals surface area contributed by atoms with Gasteiger partial charge < -0.3 is 14.2 Å². The van der Waals surface area contributed by atoms with Gasteiger partial charge >= 0.3 is 5.97 Å². The third kappa shape index (κ3) is 1.71. The topological polar surface area (TPSA) is 61.8 Å². The fourth-order valence-electron chi connectivity index (χ4n) is 2.34. The van der Waals surface area contributed by atoms with Crippen molar-refractivity contribution in [1.82, 2.24) is 0 Å². The van der Waals surface area contributed by atoms with Crippen molar-refractivity contribution in [2.75, 3.05) is 14.2 Å². The van der Waals surface area contributed by atoms with Gasteiger partial charge in [-0.15, -0.1) is 0 Å². The molecule has 0 aliphatic carbocycles. The summed E-state index contributed by atoms with van der Waals surface area (Å²) in [5.74, 6) is 0.0480. The predicted molar refractivity (Wildman–Crippen MR) is 71.3 cm³/mol. The van der Waals surface area contributed by atoms with Gasteiger partial charge in [0.1, 0.15) is 11.5 Å². The molecule has 1 atom stereocenters. The second-order valence-electron chi connectivity index (χ2n) is 4.41. The smallest absolute Gasteiger partial charge is 0.355 e. The molecule has 1 unspecified atom stereocenters. The highest BCUT2D eigenvalue weighted by Crippen LogP contribution is 2.36. The van der Waals surface area contributed by atoms with Crippen LogP contribution in [0.2, 0.25) is 0 Å². The van der Waals surface area contributed by atoms with Gasteiger partial charge in [0.2, 0.25) is 5.78 Å². The molecule has 0 bridgehead atoms. The SMILES string of the molecule is COC(=O)C1Oc2ccc3cc(OC)ccc3c2C1=O. The van der Waals surface area contributed by atoms with Crippen LogP contribution in [0.1, 0.15) is 10.4 Å². The van der Waals surface area contributed by atoms with Crippen LogP contribution in [0.25, 0.3) is 10.8 Å². The summed E-state index contributed by atoms with van der Waals surface area (Å²) in [7, 11) is 2.81. The van der Waals surface area contributed by atoms with Crippen LogP contribution in [0, 0.1) is 0 Å². The first-order valence-corrected chi connectivity index (χ1v) is 6.05. The predicted octanol–water partition coefficient (Wildman–Crippen LogP) is 1.97. The van der Waals surface area contributed by atoms with E-state index in [1.54, 1.807) is 25.3 Å². The number of ether oxygens (including phenoxy) is 3. The lowest BCUT2D eigenvalue weighted by molar-refractivity contribution is -0.145. The van der Waals surface area contributed by atoms with Crippen molar-refractivity contribution >= 4 is 22.5 Å². The third-order valence-corrected chi connectivity index (χ3v) is 3.33. The van der Waals surface area contributed by atoms with Crippen LogP contribution in [0.5, 0.6) is 11.5 Å². The van der Waals surface area contributed by atoms with Crippen molar-refractivity contribution in [1.29, 1.82) is 0 Å². The first kappa shape index (κ1) is 12.5. The van der Waals surface area contributed by atoms with Crippen molar-refractivity contribution in [3.8, 4) is 11.5 Å². The number of carbonyl (C=O) groups is 2. The Morgan fingerprint density at radius 3 is 2.70 bits per heavy atom. The Bertz CT molecular complexity index is 720. The van der Waals surface area contributed by atoms with E-state index < -0.39 is 12.1 Å². The number of fused-ring (bicyclic) bond motifs is 3. The van der Waals surface area contributed by atoms with Gasteiger partial charge in [-0.1, -0.05) is 6.07 Å². The second-order valence-corrected chi connectivity index (χ2v) is 4.41. The molecule has 0 N–H and O–H groups in total. The first-order chi connectivity index (χ1) is 9.65. The van der Waals surface area contributed by atoms with Crippen LogP contribution >= 0.6 is 0 Å². The number of esters is 1. The minimum atomic E-state index is -1.21. The lowest BCUT2D eigenvalue weighted by Gasteiger charge is -2.05. The number of hydrogen-bond donors (Lipinski definition) is 0. The summed E-state index contributed by atoms with van der Waals surface area (Å²) < 4.78 is 15.1. The van der Waals surface area contributed by atoms with Crippen LogP contribution in [0.15, 0.2) is 30.3 Å². The maximum absolute atomic E-state index is 12.3. The number of methoxy groups -OCH3 is 2. The Kier molecular flexibility index (Phi) is 2.82. The van der Waals surface area contributed by atoms with Gasteiger partial charge in [0.05, 0.1) is 19.8 Å². The Morgan fingerprint density at radius 1 is 1.20 bits per heavy atom. The van der Waals surface area contributed by atoms with Crippen LogP contribution in [0.4, 0.5) is 0 Å². The Morgan fingerprint density at radius 2 is 2.00 bits per heavy atom. The van der Waals surface area contributed by atoms with E-state index in [2.05, 4.69) is 4.74 Å². The summed E-state index contributed by atoms with van der Waals surface area (Å²) in [5, 5.41) is 1.59. The maximum Gasteiger partial charge on any atom is 0.355 e. The number of hydrogen-bond acceptors (Lipinski definition) is 5. The molecule has 0 fully saturated rings. The molecule has 5 heteroatoms. The molecule has 0 saturated heterocycles. The number of ketones is 1. The molecule has 0 saturated carbocycles. The fourth-order valence-corrected chi connectivity index (χ4v) is 2.34. The minimum Gasteiger partial charge on any atom is -0.497 e. The Balaban J connectivity index is 2.15. The molecule has 1 aliphatic heterocycles. The Labute approximate surface area is 115 Å². The number of benzene rings is 2. The lowest BCUT2D eigenvalue weighted by atomic mass is 10.00. The highest BCUT2D eigenvalue weighted by Gasteiger charge is 2.39. The Hall–Kier alpha value is -2.56.